The molecule has 1 heterocycles. The van der Waals surface area contributed by atoms with Gasteiger partial charge in [0.1, 0.15) is 5.75 Å². The van der Waals surface area contributed by atoms with Gasteiger partial charge in [0.2, 0.25) is 0 Å². The molecule has 0 aliphatic rings. The Balaban J connectivity index is 2.59. The zero-order valence-electron chi connectivity index (χ0n) is 13.6. The number of carbonyl (C=O) groups excluding carboxylic acids is 1. The molecular weight excluding hydrogens is 268 g/mol. The Morgan fingerprint density at radius 2 is 2.05 bits per heavy atom. The van der Waals surface area contributed by atoms with Crippen LogP contribution in [0.3, 0.4) is 0 Å². The molecule has 5 heteroatoms. The molecule has 0 bridgehead atoms. The summed E-state index contributed by atoms with van der Waals surface area (Å²) >= 11 is 0. The van der Waals surface area contributed by atoms with Crippen LogP contribution in [0.2, 0.25) is 0 Å². The molecule has 118 valence electrons. The maximum Gasteiger partial charge on any atom is 0.347 e. The number of ether oxygens (including phenoxy) is 2. The molecule has 0 aromatic carbocycles. The van der Waals surface area contributed by atoms with Gasteiger partial charge in [0.25, 0.3) is 0 Å². The molecule has 0 radical (unpaired) electrons. The molecular formula is C16H26N2O3. The highest BCUT2D eigenvalue weighted by atomic mass is 16.6. The second-order valence-electron chi connectivity index (χ2n) is 5.86. The lowest BCUT2D eigenvalue weighted by Crippen LogP contribution is -2.35. The van der Waals surface area contributed by atoms with E-state index in [1.807, 2.05) is 19.1 Å². The molecule has 0 aliphatic heterocycles. The van der Waals surface area contributed by atoms with Crippen molar-refractivity contribution < 1.29 is 14.3 Å². The standard InChI is InChI=1S/C16H26N2O3/c1-6-14(15(19)20-7-2)21-13-9-8-12(17-11-13)10-18-16(3,4)5/h8-9,11,14,18H,6-7,10H2,1-5H3. The monoisotopic (exact) mass is 294 g/mol. The molecule has 1 aromatic rings. The van der Waals surface area contributed by atoms with Gasteiger partial charge < -0.3 is 14.8 Å². The average Bonchev–Trinajstić information content (AvgIpc) is 2.43. The molecule has 0 fully saturated rings. The third kappa shape index (κ3) is 6.58. The van der Waals surface area contributed by atoms with Crippen LogP contribution in [0.5, 0.6) is 5.75 Å². The smallest absolute Gasteiger partial charge is 0.347 e. The van der Waals surface area contributed by atoms with E-state index in [2.05, 4.69) is 31.1 Å². The maximum absolute atomic E-state index is 11.7. The lowest BCUT2D eigenvalue weighted by Gasteiger charge is -2.20. The predicted molar refractivity (Wildman–Crippen MR) is 82.2 cm³/mol. The fourth-order valence-corrected chi connectivity index (χ4v) is 1.64. The number of hydrogen-bond acceptors (Lipinski definition) is 5. The van der Waals surface area contributed by atoms with Gasteiger partial charge in [-0.25, -0.2) is 4.79 Å². The Labute approximate surface area is 127 Å². The van der Waals surface area contributed by atoms with E-state index in [-0.39, 0.29) is 11.5 Å². The lowest BCUT2D eigenvalue weighted by atomic mass is 10.1. The van der Waals surface area contributed by atoms with Gasteiger partial charge in [0.05, 0.1) is 18.5 Å². The molecule has 0 saturated carbocycles. The fourth-order valence-electron chi connectivity index (χ4n) is 1.64. The number of aromatic nitrogens is 1. The summed E-state index contributed by atoms with van der Waals surface area (Å²) in [5, 5.41) is 3.37. The van der Waals surface area contributed by atoms with Gasteiger partial charge in [-0.15, -0.1) is 0 Å². The molecule has 5 nitrogen and oxygen atoms in total. The van der Waals surface area contributed by atoms with Crippen LogP contribution in [0, 0.1) is 0 Å². The van der Waals surface area contributed by atoms with Crippen molar-refractivity contribution in [2.75, 3.05) is 6.61 Å². The van der Waals surface area contributed by atoms with Crippen molar-refractivity contribution in [2.45, 2.75) is 59.2 Å². The van der Waals surface area contributed by atoms with E-state index in [0.717, 1.165) is 5.69 Å². The van der Waals surface area contributed by atoms with Gasteiger partial charge in [-0.05, 0) is 46.2 Å². The highest BCUT2D eigenvalue weighted by Gasteiger charge is 2.19. The lowest BCUT2D eigenvalue weighted by molar-refractivity contribution is -0.151. The van der Waals surface area contributed by atoms with Crippen molar-refractivity contribution in [3.05, 3.63) is 24.0 Å². The first-order valence-corrected chi connectivity index (χ1v) is 7.39. The van der Waals surface area contributed by atoms with Gasteiger partial charge >= 0.3 is 5.97 Å². The van der Waals surface area contributed by atoms with E-state index in [1.165, 1.54) is 0 Å². The Kier molecular flexibility index (Phi) is 6.62. The molecule has 1 aromatic heterocycles. The van der Waals surface area contributed by atoms with Crippen molar-refractivity contribution in [3.63, 3.8) is 0 Å². The van der Waals surface area contributed by atoms with Gasteiger partial charge in [0, 0.05) is 12.1 Å². The SMILES string of the molecule is CCOC(=O)C(CC)Oc1ccc(CNC(C)(C)C)nc1. The quantitative estimate of drug-likeness (QED) is 0.783. The Morgan fingerprint density at radius 1 is 1.33 bits per heavy atom. The van der Waals surface area contributed by atoms with E-state index in [9.17, 15) is 4.79 Å². The first-order chi connectivity index (χ1) is 9.85. The normalized spacial score (nSPS) is 12.8. The summed E-state index contributed by atoms with van der Waals surface area (Å²) in [4.78, 5) is 16.0. The molecule has 1 N–H and O–H groups in total. The van der Waals surface area contributed by atoms with Gasteiger partial charge in [-0.1, -0.05) is 6.92 Å². The summed E-state index contributed by atoms with van der Waals surface area (Å²) in [6.45, 7) is 11.0. The van der Waals surface area contributed by atoms with Gasteiger partial charge in [0.15, 0.2) is 6.10 Å². The zero-order valence-corrected chi connectivity index (χ0v) is 13.6. The molecule has 0 amide bonds. The topological polar surface area (TPSA) is 60.5 Å². The predicted octanol–water partition coefficient (Wildman–Crippen LogP) is 2.69. The highest BCUT2D eigenvalue weighted by molar-refractivity contribution is 5.75. The van der Waals surface area contributed by atoms with Crippen molar-refractivity contribution in [1.82, 2.24) is 10.3 Å². The summed E-state index contributed by atoms with van der Waals surface area (Å²) in [5.74, 6) is 0.243. The minimum absolute atomic E-state index is 0.0497. The third-order valence-corrected chi connectivity index (χ3v) is 2.80. The maximum atomic E-state index is 11.7. The summed E-state index contributed by atoms with van der Waals surface area (Å²) < 4.78 is 10.6. The molecule has 0 spiro atoms. The van der Waals surface area contributed by atoms with Crippen LogP contribution in [0.4, 0.5) is 0 Å². The van der Waals surface area contributed by atoms with Crippen molar-refractivity contribution in [3.8, 4) is 5.75 Å². The van der Waals surface area contributed by atoms with E-state index < -0.39 is 6.10 Å². The zero-order chi connectivity index (χ0) is 15.9. The molecule has 1 rings (SSSR count). The van der Waals surface area contributed by atoms with E-state index in [0.29, 0.717) is 25.3 Å². The van der Waals surface area contributed by atoms with Crippen molar-refractivity contribution in [2.24, 2.45) is 0 Å². The molecule has 0 saturated heterocycles. The van der Waals surface area contributed by atoms with E-state index in [1.54, 1.807) is 13.1 Å². The number of carbonyl (C=O) groups is 1. The number of nitrogens with one attached hydrogen (secondary N) is 1. The van der Waals surface area contributed by atoms with Crippen LogP contribution in [0.15, 0.2) is 18.3 Å². The molecule has 0 aliphatic carbocycles. The number of hydrogen-bond donors (Lipinski definition) is 1. The van der Waals surface area contributed by atoms with Crippen LogP contribution < -0.4 is 10.1 Å². The molecule has 1 unspecified atom stereocenters. The average molecular weight is 294 g/mol. The Morgan fingerprint density at radius 3 is 2.52 bits per heavy atom. The summed E-state index contributed by atoms with van der Waals surface area (Å²) in [7, 11) is 0. The number of esters is 1. The number of rotatable bonds is 7. The molecule has 21 heavy (non-hydrogen) atoms. The second kappa shape index (κ2) is 7.98. The Hall–Kier alpha value is -1.62. The summed E-state index contributed by atoms with van der Waals surface area (Å²) in [6, 6.07) is 3.72. The van der Waals surface area contributed by atoms with Gasteiger partial charge in [-0.3, -0.25) is 4.98 Å². The number of nitrogens with zero attached hydrogens (tertiary/aromatic N) is 1. The number of pyridine rings is 1. The van der Waals surface area contributed by atoms with Crippen LogP contribution >= 0.6 is 0 Å². The van der Waals surface area contributed by atoms with Crippen molar-refractivity contribution >= 4 is 5.97 Å². The van der Waals surface area contributed by atoms with Gasteiger partial charge in [-0.2, -0.15) is 0 Å². The van der Waals surface area contributed by atoms with E-state index in [4.69, 9.17) is 9.47 Å². The summed E-state index contributed by atoms with van der Waals surface area (Å²) in [6.07, 6.45) is 1.62. The van der Waals surface area contributed by atoms with Crippen LogP contribution in [0.25, 0.3) is 0 Å². The minimum atomic E-state index is -0.578. The first-order valence-electron chi connectivity index (χ1n) is 7.39. The molecule has 1 atom stereocenters. The van der Waals surface area contributed by atoms with Crippen LogP contribution in [-0.2, 0) is 16.1 Å². The largest absolute Gasteiger partial charge is 0.477 e. The first kappa shape index (κ1) is 17.4. The van der Waals surface area contributed by atoms with Crippen LogP contribution in [0.1, 0.15) is 46.7 Å². The third-order valence-electron chi connectivity index (χ3n) is 2.80. The Bertz CT molecular complexity index is 438. The van der Waals surface area contributed by atoms with Crippen LogP contribution in [-0.4, -0.2) is 29.2 Å². The van der Waals surface area contributed by atoms with Crippen molar-refractivity contribution in [1.29, 1.82) is 0 Å². The highest BCUT2D eigenvalue weighted by Crippen LogP contribution is 2.14. The fraction of sp³-hybridized carbons (Fsp3) is 0.625. The second-order valence-corrected chi connectivity index (χ2v) is 5.86. The minimum Gasteiger partial charge on any atom is -0.477 e. The van der Waals surface area contributed by atoms with E-state index >= 15 is 0 Å². The summed E-state index contributed by atoms with van der Waals surface area (Å²) in [5.41, 5.74) is 0.982.